The molecule has 0 atom stereocenters. The van der Waals surface area contributed by atoms with Crippen LogP contribution in [0.15, 0.2) is 41.0 Å². The van der Waals surface area contributed by atoms with Crippen molar-refractivity contribution in [2.24, 2.45) is 0 Å². The van der Waals surface area contributed by atoms with Gasteiger partial charge in [0.05, 0.1) is 16.8 Å². The molecular formula is C13H8ClNO3. The van der Waals surface area contributed by atoms with E-state index < -0.39 is 0 Å². The summed E-state index contributed by atoms with van der Waals surface area (Å²) < 4.78 is 10.2. The van der Waals surface area contributed by atoms with Crippen LogP contribution in [0.4, 0.5) is 0 Å². The molecule has 0 unspecified atom stereocenters. The minimum atomic E-state index is -0.263. The maximum atomic E-state index is 11.6. The van der Waals surface area contributed by atoms with E-state index in [1.807, 2.05) is 6.07 Å². The van der Waals surface area contributed by atoms with Gasteiger partial charge in [0, 0.05) is 6.07 Å². The number of ether oxygens (including phenoxy) is 1. The third kappa shape index (κ3) is 2.70. The number of hydrogen-bond acceptors (Lipinski definition) is 4. The first-order valence-corrected chi connectivity index (χ1v) is 5.47. The van der Waals surface area contributed by atoms with Crippen molar-refractivity contribution in [3.8, 4) is 11.8 Å². The molecule has 1 aromatic carbocycles. The normalized spacial score (nSPS) is 9.78. The quantitative estimate of drug-likeness (QED) is 0.794. The van der Waals surface area contributed by atoms with Gasteiger partial charge in [-0.1, -0.05) is 11.6 Å². The second-order valence-corrected chi connectivity index (χ2v) is 3.85. The summed E-state index contributed by atoms with van der Waals surface area (Å²) in [6.07, 6.45) is 1.42. The summed E-state index contributed by atoms with van der Waals surface area (Å²) in [5.41, 5.74) is 0.362. The zero-order valence-electron chi connectivity index (χ0n) is 9.22. The maximum absolute atomic E-state index is 11.6. The molecular weight excluding hydrogens is 254 g/mol. The van der Waals surface area contributed by atoms with Crippen molar-refractivity contribution < 1.29 is 13.9 Å². The third-order valence-electron chi connectivity index (χ3n) is 2.23. The number of carbonyl (C=O) groups is 1. The fourth-order valence-corrected chi connectivity index (χ4v) is 1.55. The Kier molecular flexibility index (Phi) is 3.66. The topological polar surface area (TPSA) is 63.2 Å². The van der Waals surface area contributed by atoms with E-state index >= 15 is 0 Å². The minimum Gasteiger partial charge on any atom is -0.485 e. The molecule has 0 amide bonds. The van der Waals surface area contributed by atoms with Gasteiger partial charge in [0.1, 0.15) is 11.8 Å². The lowest BCUT2D eigenvalue weighted by atomic mass is 10.2. The Labute approximate surface area is 108 Å². The van der Waals surface area contributed by atoms with E-state index in [2.05, 4.69) is 0 Å². The van der Waals surface area contributed by atoms with Crippen LogP contribution in [0.2, 0.25) is 5.02 Å². The Morgan fingerprint density at radius 3 is 2.89 bits per heavy atom. The summed E-state index contributed by atoms with van der Waals surface area (Å²) >= 11 is 5.84. The Hall–Kier alpha value is -2.25. The molecule has 0 aliphatic carbocycles. The molecule has 1 aromatic heterocycles. The summed E-state index contributed by atoms with van der Waals surface area (Å²) in [5.74, 6) is 0.411. The SMILES string of the molecule is N#Cc1ccc(OCC(=O)c2ccco2)cc1Cl. The van der Waals surface area contributed by atoms with Crippen LogP contribution < -0.4 is 4.74 Å². The molecule has 0 aliphatic rings. The zero-order valence-corrected chi connectivity index (χ0v) is 9.98. The molecule has 1 heterocycles. The molecule has 0 aliphatic heterocycles. The Balaban J connectivity index is 2.01. The number of Topliss-reactive ketones (excluding diaryl/α,β-unsaturated/α-hetero) is 1. The van der Waals surface area contributed by atoms with Gasteiger partial charge in [-0.25, -0.2) is 0 Å². The van der Waals surface area contributed by atoms with Crippen LogP contribution in [-0.4, -0.2) is 12.4 Å². The smallest absolute Gasteiger partial charge is 0.235 e. The van der Waals surface area contributed by atoms with Crippen molar-refractivity contribution in [1.82, 2.24) is 0 Å². The van der Waals surface area contributed by atoms with Crippen LogP contribution in [0.1, 0.15) is 16.1 Å². The number of nitrogens with zero attached hydrogens (tertiary/aromatic N) is 1. The van der Waals surface area contributed by atoms with Crippen molar-refractivity contribution in [2.45, 2.75) is 0 Å². The number of nitriles is 1. The minimum absolute atomic E-state index is 0.143. The molecule has 0 fully saturated rings. The molecule has 4 nitrogen and oxygen atoms in total. The first-order chi connectivity index (χ1) is 8.70. The highest BCUT2D eigenvalue weighted by atomic mass is 35.5. The molecule has 0 bridgehead atoms. The van der Waals surface area contributed by atoms with E-state index in [1.165, 1.54) is 18.4 Å². The van der Waals surface area contributed by atoms with Crippen molar-refractivity contribution >= 4 is 17.4 Å². The van der Waals surface area contributed by atoms with Crippen LogP contribution in [0, 0.1) is 11.3 Å². The van der Waals surface area contributed by atoms with Crippen LogP contribution in [0.5, 0.6) is 5.75 Å². The van der Waals surface area contributed by atoms with E-state index in [4.69, 9.17) is 26.0 Å². The van der Waals surface area contributed by atoms with Gasteiger partial charge < -0.3 is 9.15 Å². The van der Waals surface area contributed by atoms with Crippen LogP contribution in [-0.2, 0) is 0 Å². The molecule has 0 saturated carbocycles. The molecule has 2 aromatic rings. The average Bonchev–Trinajstić information content (AvgIpc) is 2.90. The first kappa shape index (κ1) is 12.2. The Morgan fingerprint density at radius 1 is 1.44 bits per heavy atom. The number of rotatable bonds is 4. The highest BCUT2D eigenvalue weighted by Crippen LogP contribution is 2.22. The molecule has 90 valence electrons. The summed E-state index contributed by atoms with van der Waals surface area (Å²) in [6, 6.07) is 9.75. The third-order valence-corrected chi connectivity index (χ3v) is 2.54. The number of hydrogen-bond donors (Lipinski definition) is 0. The average molecular weight is 262 g/mol. The van der Waals surface area contributed by atoms with E-state index in [1.54, 1.807) is 18.2 Å². The lowest BCUT2D eigenvalue weighted by Crippen LogP contribution is -2.10. The molecule has 5 heteroatoms. The number of furan rings is 1. The Morgan fingerprint density at radius 2 is 2.28 bits per heavy atom. The lowest BCUT2D eigenvalue weighted by molar-refractivity contribution is 0.0894. The van der Waals surface area contributed by atoms with Crippen LogP contribution in [0.3, 0.4) is 0 Å². The first-order valence-electron chi connectivity index (χ1n) is 5.10. The van der Waals surface area contributed by atoms with Gasteiger partial charge in [-0.3, -0.25) is 4.79 Å². The maximum Gasteiger partial charge on any atom is 0.235 e. The second kappa shape index (κ2) is 5.39. The standard InChI is InChI=1S/C13H8ClNO3/c14-11-6-10(4-3-9(11)7-15)18-8-12(16)13-2-1-5-17-13/h1-6H,8H2. The predicted octanol–water partition coefficient (Wildman–Crippen LogP) is 3.07. The fourth-order valence-electron chi connectivity index (χ4n) is 1.33. The number of ketones is 1. The van der Waals surface area contributed by atoms with E-state index in [9.17, 15) is 4.79 Å². The van der Waals surface area contributed by atoms with Crippen molar-refractivity contribution in [1.29, 1.82) is 5.26 Å². The summed E-state index contributed by atoms with van der Waals surface area (Å²) in [4.78, 5) is 11.6. The molecule has 18 heavy (non-hydrogen) atoms. The summed E-state index contributed by atoms with van der Waals surface area (Å²) in [5, 5.41) is 9.00. The van der Waals surface area contributed by atoms with Gasteiger partial charge in [0.15, 0.2) is 12.4 Å². The van der Waals surface area contributed by atoms with E-state index in [0.717, 1.165) is 0 Å². The highest BCUT2D eigenvalue weighted by molar-refractivity contribution is 6.31. The Bertz CT molecular complexity index is 599. The van der Waals surface area contributed by atoms with Gasteiger partial charge in [0.2, 0.25) is 5.78 Å². The van der Waals surface area contributed by atoms with Gasteiger partial charge in [-0.15, -0.1) is 0 Å². The predicted molar refractivity (Wildman–Crippen MR) is 64.7 cm³/mol. The lowest BCUT2D eigenvalue weighted by Gasteiger charge is -2.05. The number of benzene rings is 1. The zero-order chi connectivity index (χ0) is 13.0. The number of carbonyl (C=O) groups excluding carboxylic acids is 1. The molecule has 2 rings (SSSR count). The molecule has 0 saturated heterocycles. The van der Waals surface area contributed by atoms with Gasteiger partial charge in [0.25, 0.3) is 0 Å². The van der Waals surface area contributed by atoms with E-state index in [0.29, 0.717) is 16.3 Å². The molecule has 0 N–H and O–H groups in total. The summed E-state index contributed by atoms with van der Waals surface area (Å²) in [6.45, 7) is -0.143. The van der Waals surface area contributed by atoms with Crippen molar-refractivity contribution in [2.75, 3.05) is 6.61 Å². The van der Waals surface area contributed by atoms with Crippen LogP contribution in [0.25, 0.3) is 0 Å². The molecule has 0 spiro atoms. The highest BCUT2D eigenvalue weighted by Gasteiger charge is 2.10. The number of halogens is 1. The van der Waals surface area contributed by atoms with Gasteiger partial charge >= 0.3 is 0 Å². The van der Waals surface area contributed by atoms with Crippen molar-refractivity contribution in [3.63, 3.8) is 0 Å². The monoisotopic (exact) mass is 261 g/mol. The summed E-state index contributed by atoms with van der Waals surface area (Å²) in [7, 11) is 0. The van der Waals surface area contributed by atoms with Gasteiger partial charge in [-0.05, 0) is 24.3 Å². The largest absolute Gasteiger partial charge is 0.485 e. The second-order valence-electron chi connectivity index (χ2n) is 3.44. The van der Waals surface area contributed by atoms with Crippen molar-refractivity contribution in [3.05, 3.63) is 52.9 Å². The van der Waals surface area contributed by atoms with Gasteiger partial charge in [-0.2, -0.15) is 5.26 Å². The fraction of sp³-hybridized carbons (Fsp3) is 0.0769. The van der Waals surface area contributed by atoms with Crippen LogP contribution >= 0.6 is 11.6 Å². The molecule has 0 radical (unpaired) electrons. The van der Waals surface area contributed by atoms with E-state index in [-0.39, 0.29) is 18.2 Å².